The van der Waals surface area contributed by atoms with Crippen molar-refractivity contribution in [1.29, 1.82) is 0 Å². The van der Waals surface area contributed by atoms with Crippen LogP contribution in [0.4, 0.5) is 0 Å². The van der Waals surface area contributed by atoms with Crippen molar-refractivity contribution in [1.82, 2.24) is 19.6 Å². The van der Waals surface area contributed by atoms with E-state index in [1.165, 1.54) is 27.9 Å². The number of aryl methyl sites for hydroxylation is 1. The van der Waals surface area contributed by atoms with Gasteiger partial charge in [-0.25, -0.2) is 0 Å². The normalized spacial score (nSPS) is 18.6. The Morgan fingerprint density at radius 1 is 1.11 bits per heavy atom. The van der Waals surface area contributed by atoms with Gasteiger partial charge in [-0.2, -0.15) is 5.10 Å². The van der Waals surface area contributed by atoms with Gasteiger partial charge in [-0.15, -0.1) is 0 Å². The number of aliphatic hydroxyl groups excluding tert-OH is 1. The van der Waals surface area contributed by atoms with E-state index in [9.17, 15) is 5.11 Å². The first kappa shape index (κ1) is 20.8. The summed E-state index contributed by atoms with van der Waals surface area (Å²) in [5.74, 6) is 0.949. The first-order valence-electron chi connectivity index (χ1n) is 10.1. The number of methoxy groups -OCH3 is 1. The van der Waals surface area contributed by atoms with E-state index in [1.807, 2.05) is 17.9 Å². The van der Waals surface area contributed by atoms with Crippen LogP contribution in [-0.4, -0.2) is 64.1 Å². The van der Waals surface area contributed by atoms with Crippen molar-refractivity contribution >= 4 is 0 Å². The molecule has 0 saturated carbocycles. The van der Waals surface area contributed by atoms with E-state index in [0.29, 0.717) is 6.04 Å². The number of piperazine rings is 1. The van der Waals surface area contributed by atoms with Crippen LogP contribution < -0.4 is 4.74 Å². The molecule has 1 N–H and O–H groups in total. The summed E-state index contributed by atoms with van der Waals surface area (Å²) >= 11 is 0. The lowest BCUT2D eigenvalue weighted by Gasteiger charge is -2.41. The van der Waals surface area contributed by atoms with Crippen molar-refractivity contribution in [3.63, 3.8) is 0 Å². The maximum absolute atomic E-state index is 9.62. The number of ether oxygens (including phenoxy) is 1. The van der Waals surface area contributed by atoms with Gasteiger partial charge in [0.1, 0.15) is 5.75 Å². The summed E-state index contributed by atoms with van der Waals surface area (Å²) in [7, 11) is 3.71. The molecule has 1 atom stereocenters. The van der Waals surface area contributed by atoms with E-state index in [1.54, 1.807) is 7.11 Å². The Bertz CT molecular complexity index is 802. The Morgan fingerprint density at radius 3 is 2.54 bits per heavy atom. The van der Waals surface area contributed by atoms with Gasteiger partial charge >= 0.3 is 0 Å². The van der Waals surface area contributed by atoms with Crippen molar-refractivity contribution < 1.29 is 9.84 Å². The lowest BCUT2D eigenvalue weighted by Crippen LogP contribution is -2.52. The molecule has 0 spiro atoms. The summed E-state index contributed by atoms with van der Waals surface area (Å²) in [5.41, 5.74) is 6.38. The number of rotatable bonds is 7. The zero-order valence-corrected chi connectivity index (χ0v) is 17.9. The average Bonchev–Trinajstić information content (AvgIpc) is 3.00. The lowest BCUT2D eigenvalue weighted by molar-refractivity contribution is 0.0497. The third-order valence-corrected chi connectivity index (χ3v) is 6.32. The number of hydrogen-bond acceptors (Lipinski definition) is 5. The molecule has 28 heavy (non-hydrogen) atoms. The van der Waals surface area contributed by atoms with Crippen LogP contribution in [0.25, 0.3) is 0 Å². The molecule has 0 aliphatic carbocycles. The molecule has 0 amide bonds. The number of aromatic nitrogens is 2. The summed E-state index contributed by atoms with van der Waals surface area (Å²) in [5, 5.41) is 14.0. The Balaban J connectivity index is 1.69. The second-order valence-electron chi connectivity index (χ2n) is 7.93. The molecule has 1 aliphatic rings. The predicted molar refractivity (Wildman–Crippen MR) is 112 cm³/mol. The molecular formula is C22H34N4O2. The summed E-state index contributed by atoms with van der Waals surface area (Å²) in [6, 6.07) is 4.61. The fraction of sp³-hybridized carbons (Fsp3) is 0.591. The lowest BCUT2D eigenvalue weighted by atomic mass is 10.00. The number of aliphatic hydroxyl groups is 1. The van der Waals surface area contributed by atoms with Gasteiger partial charge in [-0.3, -0.25) is 14.5 Å². The van der Waals surface area contributed by atoms with Gasteiger partial charge in [0.05, 0.1) is 13.3 Å². The molecule has 2 aromatic rings. The van der Waals surface area contributed by atoms with Crippen LogP contribution in [0.2, 0.25) is 0 Å². The fourth-order valence-electron chi connectivity index (χ4n) is 4.14. The molecule has 1 aliphatic heterocycles. The highest BCUT2D eigenvalue weighted by Gasteiger charge is 2.27. The van der Waals surface area contributed by atoms with Crippen LogP contribution in [0, 0.1) is 20.8 Å². The van der Waals surface area contributed by atoms with Crippen molar-refractivity contribution in [3.05, 3.63) is 46.3 Å². The SMILES string of the molecule is COc1ccc(CN2CCN(Cc3cnn(C)c3C)C[C@@H]2CCO)c(C)c1C. The molecule has 1 saturated heterocycles. The van der Waals surface area contributed by atoms with E-state index in [4.69, 9.17) is 4.74 Å². The minimum atomic E-state index is 0.224. The van der Waals surface area contributed by atoms with E-state index in [-0.39, 0.29) is 6.61 Å². The predicted octanol–water partition coefficient (Wildman–Crippen LogP) is 2.42. The van der Waals surface area contributed by atoms with Gasteiger partial charge in [-0.1, -0.05) is 6.07 Å². The van der Waals surface area contributed by atoms with Crippen LogP contribution in [0.5, 0.6) is 5.75 Å². The minimum absolute atomic E-state index is 0.224. The molecule has 1 fully saturated rings. The first-order valence-corrected chi connectivity index (χ1v) is 10.1. The van der Waals surface area contributed by atoms with Crippen LogP contribution in [-0.2, 0) is 20.1 Å². The van der Waals surface area contributed by atoms with Gasteiger partial charge in [0, 0.05) is 63.7 Å². The Kier molecular flexibility index (Phi) is 6.75. The quantitative estimate of drug-likeness (QED) is 0.792. The van der Waals surface area contributed by atoms with Gasteiger partial charge in [0.15, 0.2) is 0 Å². The molecule has 1 aromatic heterocycles. The zero-order valence-electron chi connectivity index (χ0n) is 17.9. The molecule has 1 aromatic carbocycles. The number of nitrogens with zero attached hydrogens (tertiary/aromatic N) is 4. The largest absolute Gasteiger partial charge is 0.496 e. The highest BCUT2D eigenvalue weighted by molar-refractivity contribution is 5.43. The number of hydrogen-bond donors (Lipinski definition) is 1. The van der Waals surface area contributed by atoms with Crippen molar-refractivity contribution in [2.45, 2.75) is 46.3 Å². The van der Waals surface area contributed by atoms with E-state index < -0.39 is 0 Å². The van der Waals surface area contributed by atoms with Crippen LogP contribution in [0.3, 0.4) is 0 Å². The number of benzene rings is 1. The molecule has 2 heterocycles. The second-order valence-corrected chi connectivity index (χ2v) is 7.93. The van der Waals surface area contributed by atoms with Gasteiger partial charge in [0.2, 0.25) is 0 Å². The highest BCUT2D eigenvalue weighted by Crippen LogP contribution is 2.26. The molecule has 0 bridgehead atoms. The summed E-state index contributed by atoms with van der Waals surface area (Å²) < 4.78 is 7.39. The Morgan fingerprint density at radius 2 is 1.89 bits per heavy atom. The van der Waals surface area contributed by atoms with Crippen molar-refractivity contribution in [3.8, 4) is 5.75 Å². The van der Waals surface area contributed by atoms with E-state index in [2.05, 4.69) is 47.8 Å². The maximum Gasteiger partial charge on any atom is 0.122 e. The highest BCUT2D eigenvalue weighted by atomic mass is 16.5. The molecule has 0 radical (unpaired) electrons. The summed E-state index contributed by atoms with van der Waals surface area (Å²) in [6.45, 7) is 11.5. The zero-order chi connectivity index (χ0) is 20.3. The van der Waals surface area contributed by atoms with Gasteiger partial charge in [-0.05, 0) is 49.9 Å². The molecule has 6 nitrogen and oxygen atoms in total. The van der Waals surface area contributed by atoms with Crippen molar-refractivity contribution in [2.24, 2.45) is 7.05 Å². The van der Waals surface area contributed by atoms with Gasteiger partial charge in [0.25, 0.3) is 0 Å². The first-order chi connectivity index (χ1) is 13.4. The topological polar surface area (TPSA) is 53.8 Å². The maximum atomic E-state index is 9.62. The average molecular weight is 387 g/mol. The van der Waals surface area contributed by atoms with Crippen LogP contribution in [0.15, 0.2) is 18.3 Å². The third kappa shape index (κ3) is 4.40. The fourth-order valence-corrected chi connectivity index (χ4v) is 4.14. The third-order valence-electron chi connectivity index (χ3n) is 6.32. The molecule has 154 valence electrons. The standard InChI is InChI=1S/C22H34N4O2/c1-16-17(2)22(28-5)7-6-19(16)14-26-10-9-25(15-21(26)8-11-27)13-20-12-23-24(4)18(20)3/h6-7,12,21,27H,8-11,13-15H2,1-5H3/t21-/m0/s1. The second kappa shape index (κ2) is 9.07. The summed E-state index contributed by atoms with van der Waals surface area (Å²) in [6.07, 6.45) is 2.78. The molecule has 6 heteroatoms. The smallest absolute Gasteiger partial charge is 0.122 e. The van der Waals surface area contributed by atoms with Crippen molar-refractivity contribution in [2.75, 3.05) is 33.4 Å². The van der Waals surface area contributed by atoms with E-state index >= 15 is 0 Å². The Hall–Kier alpha value is -1.89. The molecule has 3 rings (SSSR count). The van der Waals surface area contributed by atoms with Crippen LogP contribution in [0.1, 0.15) is 34.4 Å². The van der Waals surface area contributed by atoms with Gasteiger partial charge < -0.3 is 9.84 Å². The Labute approximate surface area is 168 Å². The minimum Gasteiger partial charge on any atom is -0.496 e. The van der Waals surface area contributed by atoms with E-state index in [0.717, 1.165) is 44.9 Å². The summed E-state index contributed by atoms with van der Waals surface area (Å²) in [4.78, 5) is 5.02. The van der Waals surface area contributed by atoms with Crippen LogP contribution >= 0.6 is 0 Å². The molecular weight excluding hydrogens is 352 g/mol. The molecule has 0 unspecified atom stereocenters. The monoisotopic (exact) mass is 386 g/mol.